The summed E-state index contributed by atoms with van der Waals surface area (Å²) >= 11 is 0. The molecule has 1 unspecified atom stereocenters. The molecule has 0 aromatic carbocycles. The number of hydrogen-bond acceptors (Lipinski definition) is 6. The van der Waals surface area contributed by atoms with E-state index in [-0.39, 0.29) is 0 Å². The maximum atomic E-state index is 12.3. The lowest BCUT2D eigenvalue weighted by Gasteiger charge is -2.32. The molecule has 1 aliphatic heterocycles. The van der Waals surface area contributed by atoms with Crippen molar-refractivity contribution in [1.82, 2.24) is 10.5 Å². The molecule has 0 saturated carbocycles. The van der Waals surface area contributed by atoms with Gasteiger partial charge in [0.05, 0.1) is 11.4 Å². The molecule has 1 heterocycles. The van der Waals surface area contributed by atoms with Gasteiger partial charge in [0.2, 0.25) is 5.54 Å². The number of hydrogen-bond donors (Lipinski definition) is 2. The molecule has 0 saturated heterocycles. The third-order valence-corrected chi connectivity index (χ3v) is 2.87. The molecule has 0 bridgehead atoms. The van der Waals surface area contributed by atoms with Crippen LogP contribution in [0.2, 0.25) is 0 Å². The topological polar surface area (TPSA) is 86.5 Å². The van der Waals surface area contributed by atoms with E-state index in [1.807, 2.05) is 20.8 Å². The zero-order chi connectivity index (χ0) is 14.1. The number of nitrogens with zero attached hydrogens (tertiary/aromatic N) is 3. The van der Waals surface area contributed by atoms with E-state index in [4.69, 9.17) is 4.84 Å². The molecule has 0 aromatic rings. The summed E-state index contributed by atoms with van der Waals surface area (Å²) in [6.07, 6.45) is 0. The number of oxime groups is 1. The SMILES string of the molecule is CO/N=C(\C)C1(NO)C(=O)N(C)N=C1C(C)(C)C. The molecular formula is C11H20N4O3. The van der Waals surface area contributed by atoms with Crippen molar-refractivity contribution in [3.8, 4) is 0 Å². The molecule has 0 aromatic heterocycles. The first-order valence-electron chi connectivity index (χ1n) is 5.59. The van der Waals surface area contributed by atoms with Gasteiger partial charge in [-0.25, -0.2) is 5.01 Å². The lowest BCUT2D eigenvalue weighted by Crippen LogP contribution is -2.63. The summed E-state index contributed by atoms with van der Waals surface area (Å²) in [5.41, 5.74) is 0.985. The van der Waals surface area contributed by atoms with E-state index in [0.717, 1.165) is 0 Å². The molecule has 0 spiro atoms. The maximum Gasteiger partial charge on any atom is 0.276 e. The predicted molar refractivity (Wildman–Crippen MR) is 67.4 cm³/mol. The van der Waals surface area contributed by atoms with Gasteiger partial charge in [-0.05, 0) is 6.92 Å². The van der Waals surface area contributed by atoms with Crippen LogP contribution in [0, 0.1) is 5.41 Å². The Bertz CT molecular complexity index is 411. The molecule has 0 fully saturated rings. The van der Waals surface area contributed by atoms with Crippen LogP contribution in [0.3, 0.4) is 0 Å². The number of carbonyl (C=O) groups excluding carboxylic acids is 1. The molecule has 2 N–H and O–H groups in total. The molecule has 1 amide bonds. The Kier molecular flexibility index (Phi) is 3.78. The fourth-order valence-corrected chi connectivity index (χ4v) is 2.04. The lowest BCUT2D eigenvalue weighted by atomic mass is 9.75. The first kappa shape index (κ1) is 14.6. The fourth-order valence-electron chi connectivity index (χ4n) is 2.04. The van der Waals surface area contributed by atoms with E-state index >= 15 is 0 Å². The minimum atomic E-state index is -1.46. The van der Waals surface area contributed by atoms with E-state index in [9.17, 15) is 10.0 Å². The molecular weight excluding hydrogens is 236 g/mol. The Morgan fingerprint density at radius 1 is 1.56 bits per heavy atom. The van der Waals surface area contributed by atoms with Crippen LogP contribution in [0.5, 0.6) is 0 Å². The summed E-state index contributed by atoms with van der Waals surface area (Å²) in [5, 5.41) is 18.7. The highest BCUT2D eigenvalue weighted by Crippen LogP contribution is 2.32. The smallest absolute Gasteiger partial charge is 0.276 e. The summed E-state index contributed by atoms with van der Waals surface area (Å²) in [4.78, 5) is 17.0. The van der Waals surface area contributed by atoms with Crippen LogP contribution in [0.4, 0.5) is 0 Å². The summed E-state index contributed by atoms with van der Waals surface area (Å²) in [5.74, 6) is -0.395. The van der Waals surface area contributed by atoms with Gasteiger partial charge in [-0.2, -0.15) is 10.6 Å². The van der Waals surface area contributed by atoms with Crippen LogP contribution in [-0.2, 0) is 9.63 Å². The Morgan fingerprint density at radius 2 is 2.11 bits per heavy atom. The first-order valence-corrected chi connectivity index (χ1v) is 5.59. The van der Waals surface area contributed by atoms with Gasteiger partial charge < -0.3 is 10.0 Å². The number of nitrogens with one attached hydrogen (secondary N) is 1. The molecule has 0 radical (unpaired) electrons. The molecule has 7 nitrogen and oxygen atoms in total. The van der Waals surface area contributed by atoms with Crippen molar-refractivity contribution in [2.24, 2.45) is 15.7 Å². The zero-order valence-corrected chi connectivity index (χ0v) is 11.6. The quantitative estimate of drug-likeness (QED) is 0.572. The number of hydroxylamine groups is 1. The number of likely N-dealkylation sites (N-methyl/N-ethyl adjacent to an activating group) is 1. The van der Waals surface area contributed by atoms with Gasteiger partial charge >= 0.3 is 0 Å². The van der Waals surface area contributed by atoms with Crippen molar-refractivity contribution in [3.63, 3.8) is 0 Å². The summed E-state index contributed by atoms with van der Waals surface area (Å²) in [6.45, 7) is 7.32. The zero-order valence-electron chi connectivity index (χ0n) is 11.6. The molecule has 102 valence electrons. The number of rotatable bonds is 3. The molecule has 1 aliphatic rings. The fraction of sp³-hybridized carbons (Fsp3) is 0.727. The van der Waals surface area contributed by atoms with Crippen molar-refractivity contribution < 1.29 is 14.8 Å². The Morgan fingerprint density at radius 3 is 2.50 bits per heavy atom. The summed E-state index contributed by atoms with van der Waals surface area (Å²) in [6, 6.07) is 0. The molecule has 7 heteroatoms. The van der Waals surface area contributed by atoms with E-state index in [1.165, 1.54) is 19.2 Å². The van der Waals surface area contributed by atoms with Crippen molar-refractivity contribution in [1.29, 1.82) is 0 Å². The number of hydrazone groups is 1. The highest BCUT2D eigenvalue weighted by atomic mass is 16.6. The highest BCUT2D eigenvalue weighted by molar-refractivity contribution is 6.34. The Hall–Kier alpha value is -1.47. The van der Waals surface area contributed by atoms with Crippen LogP contribution in [0.25, 0.3) is 0 Å². The Labute approximate surface area is 106 Å². The van der Waals surface area contributed by atoms with Crippen LogP contribution in [-0.4, -0.2) is 47.2 Å². The second-order valence-electron chi connectivity index (χ2n) is 5.25. The van der Waals surface area contributed by atoms with Crippen LogP contribution in [0.15, 0.2) is 10.3 Å². The van der Waals surface area contributed by atoms with Gasteiger partial charge in [-0.3, -0.25) is 4.79 Å². The van der Waals surface area contributed by atoms with Gasteiger partial charge in [-0.1, -0.05) is 25.9 Å². The van der Waals surface area contributed by atoms with Crippen LogP contribution in [0.1, 0.15) is 27.7 Å². The average molecular weight is 256 g/mol. The van der Waals surface area contributed by atoms with E-state index < -0.39 is 16.9 Å². The molecule has 1 atom stereocenters. The number of carbonyl (C=O) groups is 1. The Balaban J connectivity index is 3.44. The normalized spacial score (nSPS) is 25.5. The van der Waals surface area contributed by atoms with Gasteiger partial charge in [0, 0.05) is 12.5 Å². The van der Waals surface area contributed by atoms with E-state index in [2.05, 4.69) is 15.7 Å². The third kappa shape index (κ3) is 1.99. The second kappa shape index (κ2) is 4.66. The predicted octanol–water partition coefficient (Wildman–Crippen LogP) is 0.600. The lowest BCUT2D eigenvalue weighted by molar-refractivity contribution is -0.133. The van der Waals surface area contributed by atoms with Gasteiger partial charge in [0.1, 0.15) is 7.11 Å². The second-order valence-corrected chi connectivity index (χ2v) is 5.25. The molecule has 0 aliphatic carbocycles. The van der Waals surface area contributed by atoms with Crippen molar-refractivity contribution in [3.05, 3.63) is 0 Å². The minimum absolute atomic E-state index is 0.301. The summed E-state index contributed by atoms with van der Waals surface area (Å²) < 4.78 is 0. The maximum absolute atomic E-state index is 12.3. The van der Waals surface area contributed by atoms with Crippen molar-refractivity contribution in [2.45, 2.75) is 33.2 Å². The van der Waals surface area contributed by atoms with E-state index in [0.29, 0.717) is 11.4 Å². The number of amides is 1. The highest BCUT2D eigenvalue weighted by Gasteiger charge is 2.56. The van der Waals surface area contributed by atoms with Gasteiger partial charge in [0.25, 0.3) is 5.91 Å². The minimum Gasteiger partial charge on any atom is -0.399 e. The van der Waals surface area contributed by atoms with Gasteiger partial charge in [0.15, 0.2) is 0 Å². The standard InChI is InChI=1S/C11H20N4O3/c1-7(13-18-6)11(14-17)8(10(2,3)4)12-15(5)9(11)16/h14,17H,1-6H3/b13-7+. The summed E-state index contributed by atoms with van der Waals surface area (Å²) in [7, 11) is 2.92. The van der Waals surface area contributed by atoms with Crippen molar-refractivity contribution in [2.75, 3.05) is 14.2 Å². The van der Waals surface area contributed by atoms with Gasteiger partial charge in [-0.15, -0.1) is 0 Å². The first-order chi connectivity index (χ1) is 8.21. The van der Waals surface area contributed by atoms with Crippen molar-refractivity contribution >= 4 is 17.3 Å². The third-order valence-electron chi connectivity index (χ3n) is 2.87. The van der Waals surface area contributed by atoms with E-state index in [1.54, 1.807) is 6.92 Å². The largest absolute Gasteiger partial charge is 0.399 e. The van der Waals surface area contributed by atoms with Crippen LogP contribution < -0.4 is 5.48 Å². The van der Waals surface area contributed by atoms with Crippen LogP contribution >= 0.6 is 0 Å². The monoisotopic (exact) mass is 256 g/mol. The average Bonchev–Trinajstić information content (AvgIpc) is 2.53. The molecule has 1 rings (SSSR count). The molecule has 18 heavy (non-hydrogen) atoms.